The smallest absolute Gasteiger partial charge is 0.258 e. The maximum atomic E-state index is 13.7. The largest absolute Gasteiger partial charge is 0.373 e. The summed E-state index contributed by atoms with van der Waals surface area (Å²) in [6, 6.07) is 4.48. The maximum absolute atomic E-state index is 13.7. The van der Waals surface area contributed by atoms with Crippen molar-refractivity contribution in [3.05, 3.63) is 34.1 Å². The number of morpholine rings is 1. The molecule has 18 heavy (non-hydrogen) atoms. The number of nitrogens with two attached hydrogens (primary N) is 1. The second-order valence-electron chi connectivity index (χ2n) is 4.08. The summed E-state index contributed by atoms with van der Waals surface area (Å²) in [6.07, 6.45) is -0.173. The fourth-order valence-corrected chi connectivity index (χ4v) is 2.42. The van der Waals surface area contributed by atoms with E-state index in [1.807, 2.05) is 0 Å². The van der Waals surface area contributed by atoms with E-state index in [4.69, 9.17) is 10.5 Å². The molecule has 0 aromatic heterocycles. The van der Waals surface area contributed by atoms with Crippen LogP contribution in [0.1, 0.15) is 10.4 Å². The van der Waals surface area contributed by atoms with Gasteiger partial charge in [-0.1, -0.05) is 6.07 Å². The Balaban J connectivity index is 2.20. The Morgan fingerprint density at radius 2 is 2.39 bits per heavy atom. The minimum atomic E-state index is -0.523. The van der Waals surface area contributed by atoms with Gasteiger partial charge in [-0.25, -0.2) is 4.39 Å². The molecule has 0 radical (unpaired) electrons. The molecule has 2 N–H and O–H groups in total. The van der Waals surface area contributed by atoms with Crippen LogP contribution in [0, 0.1) is 5.82 Å². The van der Waals surface area contributed by atoms with Gasteiger partial charge in [0.2, 0.25) is 0 Å². The Bertz CT molecular complexity index is 435. The fraction of sp³-hybridized carbons (Fsp3) is 0.417. The molecule has 98 valence electrons. The summed E-state index contributed by atoms with van der Waals surface area (Å²) < 4.78 is 19.5. The fourth-order valence-electron chi connectivity index (χ4n) is 1.91. The van der Waals surface area contributed by atoms with Crippen LogP contribution in [0.2, 0.25) is 0 Å². The number of ether oxygens (including phenoxy) is 1. The van der Waals surface area contributed by atoms with Crippen molar-refractivity contribution in [3.8, 4) is 0 Å². The van der Waals surface area contributed by atoms with Gasteiger partial charge in [0.05, 0.1) is 18.3 Å². The Morgan fingerprint density at radius 3 is 3.06 bits per heavy atom. The van der Waals surface area contributed by atoms with E-state index in [-0.39, 0.29) is 17.6 Å². The van der Waals surface area contributed by atoms with Crippen LogP contribution < -0.4 is 5.73 Å². The van der Waals surface area contributed by atoms with E-state index < -0.39 is 5.82 Å². The van der Waals surface area contributed by atoms with Gasteiger partial charge in [-0.2, -0.15) is 0 Å². The van der Waals surface area contributed by atoms with Crippen molar-refractivity contribution in [2.45, 2.75) is 6.10 Å². The molecule has 1 atom stereocenters. The molecule has 1 aromatic rings. The standard InChI is InChI=1S/C12H14BrFN2O2/c13-9-2-1-3-10(14)11(9)12(17)16-4-5-18-8(6-15)7-16/h1-3,8H,4-7,15H2. The SMILES string of the molecule is NCC1CN(C(=O)c2c(F)cccc2Br)CCO1. The minimum absolute atomic E-state index is 0.0650. The molecule has 0 bridgehead atoms. The topological polar surface area (TPSA) is 55.6 Å². The molecule has 1 heterocycles. The van der Waals surface area contributed by atoms with Crippen molar-refractivity contribution < 1.29 is 13.9 Å². The minimum Gasteiger partial charge on any atom is -0.373 e. The summed E-state index contributed by atoms with van der Waals surface area (Å²) in [6.45, 7) is 1.63. The van der Waals surface area contributed by atoms with Crippen LogP contribution in [0.3, 0.4) is 0 Å². The first kappa shape index (κ1) is 13.5. The van der Waals surface area contributed by atoms with Gasteiger partial charge in [0, 0.05) is 24.1 Å². The third-order valence-electron chi connectivity index (χ3n) is 2.87. The van der Waals surface area contributed by atoms with E-state index in [1.165, 1.54) is 6.07 Å². The Morgan fingerprint density at radius 1 is 1.61 bits per heavy atom. The molecule has 0 spiro atoms. The number of benzene rings is 1. The van der Waals surface area contributed by atoms with E-state index in [2.05, 4.69) is 15.9 Å². The van der Waals surface area contributed by atoms with Gasteiger partial charge >= 0.3 is 0 Å². The van der Waals surface area contributed by atoms with Crippen LogP contribution in [-0.2, 0) is 4.74 Å². The third-order valence-corrected chi connectivity index (χ3v) is 3.53. The number of hydrogen-bond acceptors (Lipinski definition) is 3. The maximum Gasteiger partial charge on any atom is 0.258 e. The summed E-state index contributed by atoms with van der Waals surface area (Å²) in [5.41, 5.74) is 5.58. The lowest BCUT2D eigenvalue weighted by atomic mass is 10.1. The van der Waals surface area contributed by atoms with Crippen molar-refractivity contribution in [2.24, 2.45) is 5.73 Å². The lowest BCUT2D eigenvalue weighted by Gasteiger charge is -2.32. The van der Waals surface area contributed by atoms with Crippen LogP contribution in [-0.4, -0.2) is 43.2 Å². The van der Waals surface area contributed by atoms with Gasteiger partial charge < -0.3 is 15.4 Å². The normalized spacial score (nSPS) is 19.9. The van der Waals surface area contributed by atoms with Crippen LogP contribution in [0.5, 0.6) is 0 Å². The first-order valence-corrected chi connectivity index (χ1v) is 6.47. The molecule has 1 saturated heterocycles. The monoisotopic (exact) mass is 316 g/mol. The van der Waals surface area contributed by atoms with Gasteiger partial charge in [0.25, 0.3) is 5.91 Å². The molecule has 1 fully saturated rings. The van der Waals surface area contributed by atoms with Gasteiger partial charge in [-0.3, -0.25) is 4.79 Å². The van der Waals surface area contributed by atoms with E-state index in [1.54, 1.807) is 17.0 Å². The highest BCUT2D eigenvalue weighted by Gasteiger charge is 2.27. The van der Waals surface area contributed by atoms with E-state index in [0.717, 1.165) is 0 Å². The Labute approximate surface area is 113 Å². The molecule has 1 aliphatic heterocycles. The average molecular weight is 317 g/mol. The molecule has 2 rings (SSSR count). The number of halogens is 2. The predicted molar refractivity (Wildman–Crippen MR) is 68.8 cm³/mol. The summed E-state index contributed by atoms with van der Waals surface area (Å²) in [5, 5.41) is 0. The summed E-state index contributed by atoms with van der Waals surface area (Å²) in [7, 11) is 0. The molecule has 0 saturated carbocycles. The lowest BCUT2D eigenvalue weighted by Crippen LogP contribution is -2.48. The number of rotatable bonds is 2. The van der Waals surface area contributed by atoms with E-state index in [9.17, 15) is 9.18 Å². The average Bonchev–Trinajstić information content (AvgIpc) is 2.38. The second-order valence-corrected chi connectivity index (χ2v) is 4.93. The van der Waals surface area contributed by atoms with Crippen LogP contribution in [0.15, 0.2) is 22.7 Å². The van der Waals surface area contributed by atoms with Crippen LogP contribution >= 0.6 is 15.9 Å². The molecule has 1 aromatic carbocycles. The number of carbonyl (C=O) groups is 1. The second kappa shape index (κ2) is 5.77. The first-order chi connectivity index (χ1) is 8.63. The van der Waals surface area contributed by atoms with Crippen molar-refractivity contribution in [2.75, 3.05) is 26.2 Å². The Hall–Kier alpha value is -0.980. The van der Waals surface area contributed by atoms with Gasteiger partial charge in [0.1, 0.15) is 5.82 Å². The zero-order chi connectivity index (χ0) is 13.1. The van der Waals surface area contributed by atoms with Crippen molar-refractivity contribution in [1.82, 2.24) is 4.90 Å². The molecule has 1 amide bonds. The van der Waals surface area contributed by atoms with Gasteiger partial charge in [0.15, 0.2) is 0 Å². The summed E-state index contributed by atoms with van der Waals surface area (Å²) in [5.74, 6) is -0.855. The van der Waals surface area contributed by atoms with Gasteiger partial charge in [-0.05, 0) is 28.1 Å². The third kappa shape index (κ3) is 2.71. The van der Waals surface area contributed by atoms with Crippen LogP contribution in [0.25, 0.3) is 0 Å². The number of amides is 1. The van der Waals surface area contributed by atoms with Crippen molar-refractivity contribution in [3.63, 3.8) is 0 Å². The van der Waals surface area contributed by atoms with Crippen molar-refractivity contribution in [1.29, 1.82) is 0 Å². The van der Waals surface area contributed by atoms with Crippen LogP contribution in [0.4, 0.5) is 4.39 Å². The lowest BCUT2D eigenvalue weighted by molar-refractivity contribution is -0.0169. The molecule has 1 unspecified atom stereocenters. The molecular weight excluding hydrogens is 303 g/mol. The summed E-state index contributed by atoms with van der Waals surface area (Å²) in [4.78, 5) is 13.8. The predicted octanol–water partition coefficient (Wildman–Crippen LogP) is 1.39. The Kier molecular flexibility index (Phi) is 4.31. The number of carbonyl (C=O) groups excluding carboxylic acids is 1. The van der Waals surface area contributed by atoms with Gasteiger partial charge in [-0.15, -0.1) is 0 Å². The number of nitrogens with zero attached hydrogens (tertiary/aromatic N) is 1. The highest BCUT2D eigenvalue weighted by Crippen LogP contribution is 2.22. The molecule has 6 heteroatoms. The molecule has 0 aliphatic carbocycles. The molecular formula is C12H14BrFN2O2. The molecule has 1 aliphatic rings. The quantitative estimate of drug-likeness (QED) is 0.897. The zero-order valence-corrected chi connectivity index (χ0v) is 11.3. The van der Waals surface area contributed by atoms with E-state index in [0.29, 0.717) is 30.7 Å². The molecule has 4 nitrogen and oxygen atoms in total. The first-order valence-electron chi connectivity index (χ1n) is 5.68. The number of hydrogen-bond donors (Lipinski definition) is 1. The van der Waals surface area contributed by atoms with Crippen molar-refractivity contribution >= 4 is 21.8 Å². The highest BCUT2D eigenvalue weighted by molar-refractivity contribution is 9.10. The van der Waals surface area contributed by atoms with E-state index >= 15 is 0 Å². The highest BCUT2D eigenvalue weighted by atomic mass is 79.9. The summed E-state index contributed by atoms with van der Waals surface area (Å²) >= 11 is 3.20. The zero-order valence-electron chi connectivity index (χ0n) is 9.73.